The highest BCUT2D eigenvalue weighted by molar-refractivity contribution is 7.22. The summed E-state index contributed by atoms with van der Waals surface area (Å²) in [7, 11) is 0. The van der Waals surface area contributed by atoms with Crippen molar-refractivity contribution in [2.75, 3.05) is 5.32 Å². The molecule has 0 aliphatic rings. The molecule has 0 saturated heterocycles. The predicted molar refractivity (Wildman–Crippen MR) is 124 cm³/mol. The summed E-state index contributed by atoms with van der Waals surface area (Å²) < 4.78 is 7.85. The molecule has 0 aliphatic carbocycles. The molecule has 0 saturated carbocycles. The average molecular weight is 447 g/mol. The molecule has 0 aliphatic heterocycles. The van der Waals surface area contributed by atoms with E-state index in [4.69, 9.17) is 4.74 Å². The maximum absolute atomic E-state index is 12.8. The third-order valence-corrected chi connectivity index (χ3v) is 6.82. The minimum Gasteiger partial charge on any atom is -0.487 e. The first-order valence-corrected chi connectivity index (χ1v) is 11.3. The molecule has 1 aromatic carbocycles. The van der Waals surface area contributed by atoms with Gasteiger partial charge in [0, 0.05) is 24.1 Å². The fourth-order valence-electron chi connectivity index (χ4n) is 3.18. The third kappa shape index (κ3) is 4.21. The lowest BCUT2D eigenvalue weighted by Gasteiger charge is -2.08. The Morgan fingerprint density at radius 2 is 2.06 bits per heavy atom. The fourth-order valence-corrected chi connectivity index (χ4v) is 4.94. The lowest BCUT2D eigenvalue weighted by atomic mass is 10.3. The minimum absolute atomic E-state index is 0.171. The van der Waals surface area contributed by atoms with Crippen LogP contribution in [0.3, 0.4) is 0 Å². The van der Waals surface area contributed by atoms with Crippen LogP contribution in [0.4, 0.5) is 5.69 Å². The number of nitrogens with zero attached hydrogens (tertiary/aromatic N) is 3. The monoisotopic (exact) mass is 446 g/mol. The van der Waals surface area contributed by atoms with Crippen molar-refractivity contribution >= 4 is 39.9 Å². The van der Waals surface area contributed by atoms with Gasteiger partial charge in [0.05, 0.1) is 16.3 Å². The smallest absolute Gasteiger partial charge is 0.267 e. The van der Waals surface area contributed by atoms with Crippen LogP contribution in [0.2, 0.25) is 0 Å². The minimum atomic E-state index is -0.171. The number of ether oxygens (including phenoxy) is 1. The van der Waals surface area contributed by atoms with Crippen molar-refractivity contribution in [2.45, 2.75) is 13.5 Å². The second-order valence-electron chi connectivity index (χ2n) is 6.88. The van der Waals surface area contributed by atoms with Gasteiger partial charge >= 0.3 is 0 Å². The normalized spacial score (nSPS) is 11.0. The number of rotatable bonds is 6. The number of imidazole rings is 1. The number of pyridine rings is 1. The van der Waals surface area contributed by atoms with Gasteiger partial charge in [-0.25, -0.2) is 9.97 Å². The summed E-state index contributed by atoms with van der Waals surface area (Å²) >= 11 is 3.02. The second kappa shape index (κ2) is 8.33. The number of aryl methyl sites for hydroxylation is 1. The lowest BCUT2D eigenvalue weighted by Crippen LogP contribution is -2.11. The van der Waals surface area contributed by atoms with Crippen molar-refractivity contribution in [1.82, 2.24) is 14.4 Å². The zero-order chi connectivity index (χ0) is 21.2. The summed E-state index contributed by atoms with van der Waals surface area (Å²) in [6, 6.07) is 17.2. The number of amides is 1. The molecule has 0 unspecified atom stereocenters. The van der Waals surface area contributed by atoms with E-state index >= 15 is 0 Å². The van der Waals surface area contributed by atoms with E-state index < -0.39 is 0 Å². The van der Waals surface area contributed by atoms with Gasteiger partial charge in [0.25, 0.3) is 5.91 Å². The van der Waals surface area contributed by atoms with E-state index in [0.29, 0.717) is 22.9 Å². The standard InChI is InChI=1S/C23H18N4O2S2/c1-15-21(31-23(24-15)19-8-5-11-30-19)22(28)26-16-6-4-7-18(12-16)29-14-17-13-27-10-3-2-9-20(27)25-17/h2-13H,14H2,1H3,(H,26,28). The number of carbonyl (C=O) groups is 1. The Kier molecular flexibility index (Phi) is 5.23. The van der Waals surface area contributed by atoms with Crippen molar-refractivity contribution in [1.29, 1.82) is 0 Å². The molecule has 154 valence electrons. The number of hydrogen-bond donors (Lipinski definition) is 1. The summed E-state index contributed by atoms with van der Waals surface area (Å²) in [5.41, 5.74) is 3.11. The average Bonchev–Trinajstić information content (AvgIpc) is 3.51. The topological polar surface area (TPSA) is 68.5 Å². The molecule has 0 bridgehead atoms. The number of carbonyl (C=O) groups excluding carboxylic acids is 1. The van der Waals surface area contributed by atoms with Crippen LogP contribution in [-0.4, -0.2) is 20.3 Å². The van der Waals surface area contributed by atoms with E-state index in [9.17, 15) is 4.79 Å². The van der Waals surface area contributed by atoms with Gasteiger partial charge in [0.2, 0.25) is 0 Å². The Hall–Kier alpha value is -3.49. The van der Waals surface area contributed by atoms with Gasteiger partial charge in [0.15, 0.2) is 0 Å². The lowest BCUT2D eigenvalue weighted by molar-refractivity contribution is 0.103. The molecule has 0 spiro atoms. The van der Waals surface area contributed by atoms with Crippen LogP contribution < -0.4 is 10.1 Å². The summed E-state index contributed by atoms with van der Waals surface area (Å²) in [5.74, 6) is 0.491. The van der Waals surface area contributed by atoms with Gasteiger partial charge in [0.1, 0.15) is 27.9 Å². The van der Waals surface area contributed by atoms with E-state index in [1.165, 1.54) is 11.3 Å². The summed E-state index contributed by atoms with van der Waals surface area (Å²) in [5, 5.41) is 5.82. The largest absolute Gasteiger partial charge is 0.487 e. The number of fused-ring (bicyclic) bond motifs is 1. The van der Waals surface area contributed by atoms with Crippen LogP contribution >= 0.6 is 22.7 Å². The van der Waals surface area contributed by atoms with Gasteiger partial charge in [-0.2, -0.15) is 0 Å². The van der Waals surface area contributed by atoms with Crippen molar-refractivity contribution in [3.05, 3.63) is 88.6 Å². The SMILES string of the molecule is Cc1nc(-c2cccs2)sc1C(=O)Nc1cccc(OCc2cn3ccccc3n2)c1. The van der Waals surface area contributed by atoms with Crippen LogP contribution in [0, 0.1) is 6.92 Å². The van der Waals surface area contributed by atoms with Crippen molar-refractivity contribution in [3.63, 3.8) is 0 Å². The molecular formula is C23H18N4O2S2. The molecule has 4 aromatic heterocycles. The Morgan fingerprint density at radius 3 is 2.90 bits per heavy atom. The number of thiazole rings is 1. The number of aromatic nitrogens is 3. The van der Waals surface area contributed by atoms with Crippen LogP contribution in [0.15, 0.2) is 72.4 Å². The molecule has 4 heterocycles. The number of hydrogen-bond acceptors (Lipinski definition) is 6. The van der Waals surface area contributed by atoms with Crippen LogP contribution in [0.1, 0.15) is 21.1 Å². The van der Waals surface area contributed by atoms with Crippen molar-refractivity contribution in [2.24, 2.45) is 0 Å². The molecule has 5 aromatic rings. The third-order valence-electron chi connectivity index (χ3n) is 4.63. The zero-order valence-corrected chi connectivity index (χ0v) is 18.2. The highest BCUT2D eigenvalue weighted by atomic mass is 32.1. The maximum Gasteiger partial charge on any atom is 0.267 e. The Bertz CT molecular complexity index is 1320. The molecule has 0 radical (unpaired) electrons. The maximum atomic E-state index is 12.8. The highest BCUT2D eigenvalue weighted by Gasteiger charge is 2.17. The van der Waals surface area contributed by atoms with Crippen molar-refractivity contribution < 1.29 is 9.53 Å². The first-order chi connectivity index (χ1) is 15.2. The number of thiophene rings is 1. The number of anilines is 1. The van der Waals surface area contributed by atoms with E-state index in [-0.39, 0.29) is 5.91 Å². The second-order valence-corrected chi connectivity index (χ2v) is 8.83. The van der Waals surface area contributed by atoms with E-state index in [0.717, 1.165) is 26.9 Å². The van der Waals surface area contributed by atoms with Gasteiger partial charge in [-0.3, -0.25) is 4.79 Å². The summed E-state index contributed by atoms with van der Waals surface area (Å²) in [6.07, 6.45) is 3.89. The molecule has 31 heavy (non-hydrogen) atoms. The zero-order valence-electron chi connectivity index (χ0n) is 16.6. The molecular weight excluding hydrogens is 428 g/mol. The first kappa shape index (κ1) is 19.5. The number of nitrogens with one attached hydrogen (secondary N) is 1. The molecule has 1 N–H and O–H groups in total. The van der Waals surface area contributed by atoms with E-state index in [2.05, 4.69) is 15.3 Å². The Morgan fingerprint density at radius 1 is 1.13 bits per heavy atom. The molecule has 5 rings (SSSR count). The summed E-state index contributed by atoms with van der Waals surface area (Å²) in [4.78, 5) is 23.6. The number of benzene rings is 1. The molecule has 0 fully saturated rings. The van der Waals surface area contributed by atoms with Gasteiger partial charge in [-0.15, -0.1) is 22.7 Å². The Labute approximate surface area is 186 Å². The summed E-state index contributed by atoms with van der Waals surface area (Å²) in [6.45, 7) is 2.20. The molecule has 8 heteroatoms. The van der Waals surface area contributed by atoms with Gasteiger partial charge < -0.3 is 14.5 Å². The Balaban J connectivity index is 1.27. The van der Waals surface area contributed by atoms with Crippen LogP contribution in [0.25, 0.3) is 15.5 Å². The predicted octanol–water partition coefficient (Wildman–Crippen LogP) is 5.66. The molecule has 6 nitrogen and oxygen atoms in total. The highest BCUT2D eigenvalue weighted by Crippen LogP contribution is 2.31. The fraction of sp³-hybridized carbons (Fsp3) is 0.0870. The van der Waals surface area contributed by atoms with E-state index in [1.54, 1.807) is 11.3 Å². The van der Waals surface area contributed by atoms with Crippen molar-refractivity contribution in [3.8, 4) is 15.6 Å². The molecule has 1 amide bonds. The van der Waals surface area contributed by atoms with E-state index in [1.807, 2.05) is 83.7 Å². The quantitative estimate of drug-likeness (QED) is 0.365. The van der Waals surface area contributed by atoms with Gasteiger partial charge in [-0.1, -0.05) is 18.2 Å². The van der Waals surface area contributed by atoms with Crippen LogP contribution in [0.5, 0.6) is 5.75 Å². The first-order valence-electron chi connectivity index (χ1n) is 9.64. The molecule has 0 atom stereocenters. The van der Waals surface area contributed by atoms with Gasteiger partial charge in [-0.05, 0) is 42.6 Å². The van der Waals surface area contributed by atoms with Crippen LogP contribution in [-0.2, 0) is 6.61 Å².